The van der Waals surface area contributed by atoms with Gasteiger partial charge in [0, 0.05) is 11.8 Å². The number of aromatic carboxylic acids is 1. The van der Waals surface area contributed by atoms with E-state index in [1.807, 2.05) is 0 Å². The lowest BCUT2D eigenvalue weighted by Crippen LogP contribution is -2.24. The van der Waals surface area contributed by atoms with E-state index in [0.717, 1.165) is 6.07 Å². The van der Waals surface area contributed by atoms with Gasteiger partial charge in [-0.3, -0.25) is 10.1 Å². The molecule has 0 atom stereocenters. The summed E-state index contributed by atoms with van der Waals surface area (Å²) in [6.07, 6.45) is 0. The second kappa shape index (κ2) is 3.10. The van der Waals surface area contributed by atoms with Crippen molar-refractivity contribution in [2.45, 2.75) is 0 Å². The maximum absolute atomic E-state index is 10.5. The number of nitrogens with zero attached hydrogens (tertiary/aromatic N) is 1. The van der Waals surface area contributed by atoms with Crippen LogP contribution in [0.3, 0.4) is 0 Å². The number of carbonyl (C=O) groups excluding carboxylic acids is 1. The Bertz CT molecular complexity index is 375. The number of nitro benzene ring substituents is 1. The van der Waals surface area contributed by atoms with Crippen molar-refractivity contribution in [3.8, 4) is 0 Å². The van der Waals surface area contributed by atoms with Gasteiger partial charge in [0.15, 0.2) is 0 Å². The first-order valence-corrected chi connectivity index (χ1v) is 3.28. The molecule has 0 unspecified atom stereocenters. The SMILES string of the molecule is Nc1cccc([N+](=O)[O-])c1C(=O)[O-]. The molecule has 0 aliphatic carbocycles. The molecule has 0 spiro atoms. The third kappa shape index (κ3) is 1.56. The Labute approximate surface area is 72.7 Å². The number of rotatable bonds is 2. The van der Waals surface area contributed by atoms with Crippen LogP contribution in [0.25, 0.3) is 0 Å². The zero-order valence-electron chi connectivity index (χ0n) is 6.39. The molecule has 13 heavy (non-hydrogen) atoms. The van der Waals surface area contributed by atoms with E-state index in [2.05, 4.69) is 0 Å². The van der Waals surface area contributed by atoms with Gasteiger partial charge in [0.1, 0.15) is 0 Å². The van der Waals surface area contributed by atoms with Crippen LogP contribution in [0.4, 0.5) is 11.4 Å². The minimum atomic E-state index is -1.65. The van der Waals surface area contributed by atoms with Gasteiger partial charge < -0.3 is 15.6 Å². The molecular weight excluding hydrogens is 176 g/mol. The van der Waals surface area contributed by atoms with Gasteiger partial charge >= 0.3 is 0 Å². The fraction of sp³-hybridized carbons (Fsp3) is 0. The van der Waals surface area contributed by atoms with Gasteiger partial charge in [-0.05, 0) is 6.07 Å². The van der Waals surface area contributed by atoms with Crippen molar-refractivity contribution in [2.24, 2.45) is 0 Å². The van der Waals surface area contributed by atoms with Crippen molar-refractivity contribution in [3.63, 3.8) is 0 Å². The number of hydrogen-bond donors (Lipinski definition) is 1. The second-order valence-electron chi connectivity index (χ2n) is 2.29. The lowest BCUT2D eigenvalue weighted by molar-refractivity contribution is -0.385. The molecule has 0 saturated heterocycles. The molecule has 0 aliphatic heterocycles. The van der Waals surface area contributed by atoms with Crippen molar-refractivity contribution < 1.29 is 14.8 Å². The molecule has 68 valence electrons. The van der Waals surface area contributed by atoms with Crippen LogP contribution in [0.15, 0.2) is 18.2 Å². The van der Waals surface area contributed by atoms with Crippen LogP contribution in [0.1, 0.15) is 10.4 Å². The summed E-state index contributed by atoms with van der Waals surface area (Å²) in [4.78, 5) is 20.0. The Morgan fingerprint density at radius 3 is 2.46 bits per heavy atom. The van der Waals surface area contributed by atoms with E-state index in [4.69, 9.17) is 5.73 Å². The molecule has 0 amide bonds. The first kappa shape index (κ1) is 8.98. The Kier molecular flexibility index (Phi) is 2.14. The van der Waals surface area contributed by atoms with Crippen molar-refractivity contribution in [3.05, 3.63) is 33.9 Å². The number of benzene rings is 1. The number of hydrogen-bond acceptors (Lipinski definition) is 5. The number of nitro groups is 1. The Hall–Kier alpha value is -2.11. The first-order chi connectivity index (χ1) is 6.04. The Balaban J connectivity index is 3.43. The maximum Gasteiger partial charge on any atom is 0.280 e. The highest BCUT2D eigenvalue weighted by molar-refractivity contribution is 5.96. The predicted molar refractivity (Wildman–Crippen MR) is 41.8 cm³/mol. The van der Waals surface area contributed by atoms with Crippen molar-refractivity contribution in [2.75, 3.05) is 5.73 Å². The third-order valence-corrected chi connectivity index (χ3v) is 1.48. The summed E-state index contributed by atoms with van der Waals surface area (Å²) in [5.41, 5.74) is 3.93. The number of carbonyl (C=O) groups is 1. The third-order valence-electron chi connectivity index (χ3n) is 1.48. The van der Waals surface area contributed by atoms with Crippen LogP contribution < -0.4 is 10.8 Å². The summed E-state index contributed by atoms with van der Waals surface area (Å²) in [6, 6.07) is 3.62. The highest BCUT2D eigenvalue weighted by Gasteiger charge is 2.16. The molecule has 0 aromatic heterocycles. The summed E-state index contributed by atoms with van der Waals surface area (Å²) in [7, 11) is 0. The Morgan fingerprint density at radius 2 is 2.08 bits per heavy atom. The normalized spacial score (nSPS) is 9.54. The molecule has 6 heteroatoms. The van der Waals surface area contributed by atoms with Crippen LogP contribution >= 0.6 is 0 Å². The highest BCUT2D eigenvalue weighted by atomic mass is 16.6. The minimum Gasteiger partial charge on any atom is -0.544 e. The molecule has 0 aliphatic rings. The van der Waals surface area contributed by atoms with Gasteiger partial charge in [-0.2, -0.15) is 0 Å². The van der Waals surface area contributed by atoms with Gasteiger partial charge in [-0.25, -0.2) is 0 Å². The number of anilines is 1. The molecule has 1 rings (SSSR count). The smallest absolute Gasteiger partial charge is 0.280 e. The van der Waals surface area contributed by atoms with E-state index in [9.17, 15) is 20.0 Å². The molecule has 0 bridgehead atoms. The molecule has 0 heterocycles. The summed E-state index contributed by atoms with van der Waals surface area (Å²) in [5.74, 6) is -1.65. The zero-order chi connectivity index (χ0) is 10.0. The van der Waals surface area contributed by atoms with E-state index in [-0.39, 0.29) is 5.69 Å². The monoisotopic (exact) mass is 181 g/mol. The second-order valence-corrected chi connectivity index (χ2v) is 2.29. The summed E-state index contributed by atoms with van der Waals surface area (Å²) >= 11 is 0. The molecule has 0 fully saturated rings. The maximum atomic E-state index is 10.5. The average Bonchev–Trinajstić information content (AvgIpc) is 2.02. The standard InChI is InChI=1S/C7H6N2O4/c8-4-2-1-3-5(9(12)13)6(4)7(10)11/h1-3H,8H2,(H,10,11)/p-1. The van der Waals surface area contributed by atoms with Gasteiger partial charge in [-0.15, -0.1) is 0 Å². The highest BCUT2D eigenvalue weighted by Crippen LogP contribution is 2.22. The van der Waals surface area contributed by atoms with Gasteiger partial charge in [-0.1, -0.05) is 6.07 Å². The molecule has 6 nitrogen and oxygen atoms in total. The topological polar surface area (TPSA) is 109 Å². The first-order valence-electron chi connectivity index (χ1n) is 3.28. The van der Waals surface area contributed by atoms with Gasteiger partial charge in [0.05, 0.1) is 16.5 Å². The summed E-state index contributed by atoms with van der Waals surface area (Å²) < 4.78 is 0. The van der Waals surface area contributed by atoms with E-state index >= 15 is 0 Å². The molecule has 2 N–H and O–H groups in total. The van der Waals surface area contributed by atoms with Crippen LogP contribution in [0.5, 0.6) is 0 Å². The van der Waals surface area contributed by atoms with Gasteiger partial charge in [0.25, 0.3) is 5.69 Å². The number of carboxylic acids is 1. The lowest BCUT2D eigenvalue weighted by Gasteiger charge is -2.05. The summed E-state index contributed by atoms with van der Waals surface area (Å²) in [6.45, 7) is 0. The predicted octanol–water partition coefficient (Wildman–Crippen LogP) is -0.460. The molecule has 0 saturated carbocycles. The molecule has 1 aromatic rings. The quantitative estimate of drug-likeness (QED) is 0.377. The molecule has 0 radical (unpaired) electrons. The van der Waals surface area contributed by atoms with Crippen molar-refractivity contribution in [1.29, 1.82) is 0 Å². The number of nitrogen functional groups attached to an aromatic ring is 1. The largest absolute Gasteiger partial charge is 0.544 e. The fourth-order valence-corrected chi connectivity index (χ4v) is 0.932. The summed E-state index contributed by atoms with van der Waals surface area (Å²) in [5, 5.41) is 20.8. The number of carboxylic acid groups (broad SMARTS) is 1. The Morgan fingerprint density at radius 1 is 1.46 bits per heavy atom. The molecule has 1 aromatic carbocycles. The van der Waals surface area contributed by atoms with Crippen LogP contribution in [0.2, 0.25) is 0 Å². The van der Waals surface area contributed by atoms with Crippen LogP contribution in [0, 0.1) is 10.1 Å². The van der Waals surface area contributed by atoms with Crippen LogP contribution in [-0.2, 0) is 0 Å². The van der Waals surface area contributed by atoms with Gasteiger partial charge in [0.2, 0.25) is 0 Å². The fourth-order valence-electron chi connectivity index (χ4n) is 0.932. The van der Waals surface area contributed by atoms with Crippen molar-refractivity contribution in [1.82, 2.24) is 0 Å². The molecular formula is C7H5N2O4-. The van der Waals surface area contributed by atoms with E-state index in [1.165, 1.54) is 12.1 Å². The van der Waals surface area contributed by atoms with Crippen molar-refractivity contribution >= 4 is 17.3 Å². The van der Waals surface area contributed by atoms with E-state index in [0.29, 0.717) is 0 Å². The lowest BCUT2D eigenvalue weighted by atomic mass is 10.1. The average molecular weight is 181 g/mol. The minimum absolute atomic E-state index is 0.172. The van der Waals surface area contributed by atoms with E-state index < -0.39 is 22.1 Å². The zero-order valence-corrected chi connectivity index (χ0v) is 6.39. The van der Waals surface area contributed by atoms with Crippen LogP contribution in [-0.4, -0.2) is 10.9 Å². The number of nitrogens with two attached hydrogens (primary N) is 1. The van der Waals surface area contributed by atoms with E-state index in [1.54, 1.807) is 0 Å².